The zero-order valence-corrected chi connectivity index (χ0v) is 20.9. The number of thiophene rings is 1. The fourth-order valence-electron chi connectivity index (χ4n) is 3.71. The molecule has 10 nitrogen and oxygen atoms in total. The van der Waals surface area contributed by atoms with Crippen LogP contribution >= 0.6 is 11.3 Å². The molecule has 0 aliphatic carbocycles. The predicted octanol–water partition coefficient (Wildman–Crippen LogP) is 2.86. The van der Waals surface area contributed by atoms with Crippen molar-refractivity contribution in [3.63, 3.8) is 0 Å². The third kappa shape index (κ3) is 5.57. The quantitative estimate of drug-likeness (QED) is 0.330. The topological polar surface area (TPSA) is 146 Å². The van der Waals surface area contributed by atoms with E-state index in [0.29, 0.717) is 23.0 Å². The van der Waals surface area contributed by atoms with Gasteiger partial charge >= 0.3 is 0 Å². The summed E-state index contributed by atoms with van der Waals surface area (Å²) >= 11 is 1.38. The Hall–Kier alpha value is -4.12. The summed E-state index contributed by atoms with van der Waals surface area (Å²) < 4.78 is 6.82. The van der Waals surface area contributed by atoms with Crippen LogP contribution in [0.5, 0.6) is 0 Å². The number of rotatable bonds is 9. The average molecular weight is 507 g/mol. The smallest absolute Gasteiger partial charge is 0.286 e. The summed E-state index contributed by atoms with van der Waals surface area (Å²) in [7, 11) is 0. The molecule has 0 fully saturated rings. The zero-order chi connectivity index (χ0) is 25.8. The van der Waals surface area contributed by atoms with Crippen molar-refractivity contribution >= 4 is 28.7 Å². The molecular weight excluding hydrogens is 480 g/mol. The predicted molar refractivity (Wildman–Crippen MR) is 136 cm³/mol. The summed E-state index contributed by atoms with van der Waals surface area (Å²) in [6, 6.07) is 10.5. The summed E-state index contributed by atoms with van der Waals surface area (Å²) in [4.78, 5) is 43.8. The van der Waals surface area contributed by atoms with E-state index >= 15 is 0 Å². The van der Waals surface area contributed by atoms with E-state index in [0.717, 1.165) is 11.1 Å². The lowest BCUT2D eigenvalue weighted by molar-refractivity contribution is -0.122. The van der Waals surface area contributed by atoms with Gasteiger partial charge in [-0.05, 0) is 29.9 Å². The Morgan fingerprint density at radius 2 is 2.00 bits per heavy atom. The minimum atomic E-state index is -0.931. The fraction of sp³-hybridized carbons (Fsp3) is 0.280. The van der Waals surface area contributed by atoms with Crippen LogP contribution < -0.4 is 16.6 Å². The van der Waals surface area contributed by atoms with E-state index in [1.165, 1.54) is 22.1 Å². The van der Waals surface area contributed by atoms with Gasteiger partial charge < -0.3 is 15.5 Å². The van der Waals surface area contributed by atoms with Gasteiger partial charge in [0.25, 0.3) is 11.4 Å². The van der Waals surface area contributed by atoms with Crippen molar-refractivity contribution < 1.29 is 14.0 Å². The highest BCUT2D eigenvalue weighted by Gasteiger charge is 2.30. The van der Waals surface area contributed by atoms with Crippen LogP contribution in [0.1, 0.15) is 41.6 Å². The third-order valence-electron chi connectivity index (χ3n) is 5.50. The van der Waals surface area contributed by atoms with E-state index < -0.39 is 23.3 Å². The Bertz CT molecular complexity index is 1440. The van der Waals surface area contributed by atoms with Crippen molar-refractivity contribution in [2.75, 3.05) is 5.73 Å². The second kappa shape index (κ2) is 10.6. The highest BCUT2D eigenvalue weighted by Crippen LogP contribution is 2.22. The number of nitrogens with two attached hydrogens (primary N) is 1. The number of Topliss-reactive ketones (excluding diaryl/α,β-unsaturated/α-hetero) is 1. The second-order valence-electron chi connectivity index (χ2n) is 8.73. The molecule has 3 heterocycles. The zero-order valence-electron chi connectivity index (χ0n) is 20.1. The van der Waals surface area contributed by atoms with E-state index in [-0.39, 0.29) is 24.0 Å². The summed E-state index contributed by atoms with van der Waals surface area (Å²) in [6.45, 7) is 5.21. The first-order valence-electron chi connectivity index (χ1n) is 11.3. The molecule has 4 aromatic rings. The molecule has 0 aliphatic rings. The first-order chi connectivity index (χ1) is 17.2. The van der Waals surface area contributed by atoms with Gasteiger partial charge in [-0.25, -0.2) is 4.98 Å². The first-order valence-corrected chi connectivity index (χ1v) is 12.2. The lowest BCUT2D eigenvalue weighted by atomic mass is 9.99. The molecule has 3 aromatic heterocycles. The number of nitrogens with zero attached hydrogens (tertiary/aromatic N) is 4. The van der Waals surface area contributed by atoms with Gasteiger partial charge in [0.15, 0.2) is 5.82 Å². The van der Waals surface area contributed by atoms with Gasteiger partial charge in [-0.2, -0.15) is 0 Å². The van der Waals surface area contributed by atoms with Gasteiger partial charge in [-0.15, -0.1) is 21.5 Å². The maximum atomic E-state index is 13.2. The summed E-state index contributed by atoms with van der Waals surface area (Å²) in [5, 5.41) is 12.4. The molecule has 0 saturated carbocycles. The molecular formula is C25H26N6O4S. The number of anilines is 1. The molecule has 1 amide bonds. The van der Waals surface area contributed by atoms with Crippen LogP contribution in [0.15, 0.2) is 57.2 Å². The number of ketones is 1. The average Bonchev–Trinajstić information content (AvgIpc) is 3.53. The van der Waals surface area contributed by atoms with Gasteiger partial charge in [0.2, 0.25) is 17.6 Å². The largest absolute Gasteiger partial charge is 0.418 e. The van der Waals surface area contributed by atoms with Crippen molar-refractivity contribution in [1.82, 2.24) is 25.1 Å². The number of hydrogen-bond donors (Lipinski definition) is 2. The van der Waals surface area contributed by atoms with Crippen molar-refractivity contribution in [1.29, 1.82) is 0 Å². The number of nitrogen functional groups attached to an aromatic ring is 1. The van der Waals surface area contributed by atoms with Crippen molar-refractivity contribution in [2.24, 2.45) is 5.92 Å². The van der Waals surface area contributed by atoms with Crippen LogP contribution in [0.2, 0.25) is 0 Å². The lowest BCUT2D eigenvalue weighted by Crippen LogP contribution is -2.46. The number of amides is 1. The Labute approximate surface area is 211 Å². The van der Waals surface area contributed by atoms with E-state index in [9.17, 15) is 14.4 Å². The molecule has 1 atom stereocenters. The summed E-state index contributed by atoms with van der Waals surface area (Å²) in [5.41, 5.74) is 7.22. The van der Waals surface area contributed by atoms with Gasteiger partial charge in [-0.1, -0.05) is 49.7 Å². The van der Waals surface area contributed by atoms with Crippen molar-refractivity contribution in [2.45, 2.75) is 39.8 Å². The van der Waals surface area contributed by atoms with E-state index in [1.54, 1.807) is 19.9 Å². The van der Waals surface area contributed by atoms with Crippen LogP contribution in [0.3, 0.4) is 0 Å². The normalized spacial score (nSPS) is 12.0. The first kappa shape index (κ1) is 25.0. The molecule has 36 heavy (non-hydrogen) atoms. The standard InChI is InChI=1S/C25H26N6O4S/c1-14(2)21(22(33)24-30-29-20(35-24)11-16-7-4-6-15(3)10-16)28-19(32)13-31-23(18-8-5-9-36-18)27-12-17(26)25(31)34/h4-10,12,14,21H,11,13,26H2,1-3H3,(H,28,32)/t21-/m0/s1. The van der Waals surface area contributed by atoms with Gasteiger partial charge in [-0.3, -0.25) is 19.0 Å². The number of hydrogen-bond acceptors (Lipinski definition) is 9. The molecule has 0 spiro atoms. The van der Waals surface area contributed by atoms with Gasteiger partial charge in [0, 0.05) is 0 Å². The number of aryl methyl sites for hydroxylation is 1. The van der Waals surface area contributed by atoms with E-state index in [2.05, 4.69) is 20.5 Å². The monoisotopic (exact) mass is 506 g/mol. The van der Waals surface area contributed by atoms with Crippen LogP contribution in [-0.4, -0.2) is 37.5 Å². The van der Waals surface area contributed by atoms with Crippen molar-refractivity contribution in [3.05, 3.63) is 81.2 Å². The Balaban J connectivity index is 1.51. The maximum Gasteiger partial charge on any atom is 0.286 e. The minimum Gasteiger partial charge on any atom is -0.418 e. The molecule has 0 radical (unpaired) electrons. The molecule has 0 saturated heterocycles. The highest BCUT2D eigenvalue weighted by atomic mass is 32.1. The summed E-state index contributed by atoms with van der Waals surface area (Å²) in [5.74, 6) is -0.883. The molecule has 11 heteroatoms. The second-order valence-corrected chi connectivity index (χ2v) is 9.67. The highest BCUT2D eigenvalue weighted by molar-refractivity contribution is 7.13. The number of nitrogens with one attached hydrogen (secondary N) is 1. The van der Waals surface area contributed by atoms with E-state index in [1.807, 2.05) is 42.6 Å². The fourth-order valence-corrected chi connectivity index (χ4v) is 4.44. The SMILES string of the molecule is Cc1cccc(Cc2nnc(C(=O)[C@@H](NC(=O)Cn3c(-c4cccs4)ncc(N)c3=O)C(C)C)o2)c1. The molecule has 0 bridgehead atoms. The lowest BCUT2D eigenvalue weighted by Gasteiger charge is -2.20. The molecule has 3 N–H and O–H groups in total. The molecule has 186 valence electrons. The van der Waals surface area contributed by atoms with Gasteiger partial charge in [0.1, 0.15) is 12.2 Å². The van der Waals surface area contributed by atoms with Crippen molar-refractivity contribution in [3.8, 4) is 10.7 Å². The molecule has 0 aliphatic heterocycles. The van der Waals surface area contributed by atoms with Gasteiger partial charge in [0.05, 0.1) is 23.5 Å². The van der Waals surface area contributed by atoms with Crippen LogP contribution in [0.4, 0.5) is 5.69 Å². The maximum absolute atomic E-state index is 13.2. The van der Waals surface area contributed by atoms with Crippen LogP contribution in [0, 0.1) is 12.8 Å². The number of benzene rings is 1. The third-order valence-corrected chi connectivity index (χ3v) is 6.36. The van der Waals surface area contributed by atoms with Crippen LogP contribution in [-0.2, 0) is 17.8 Å². The minimum absolute atomic E-state index is 0.0772. The molecule has 1 aromatic carbocycles. The molecule has 4 rings (SSSR count). The summed E-state index contributed by atoms with van der Waals surface area (Å²) in [6.07, 6.45) is 1.66. The number of carbonyl (C=O) groups excluding carboxylic acids is 2. The van der Waals surface area contributed by atoms with E-state index in [4.69, 9.17) is 10.2 Å². The number of carbonyl (C=O) groups is 2. The number of aromatic nitrogens is 4. The molecule has 0 unspecified atom stereocenters. The Morgan fingerprint density at radius 1 is 1.19 bits per heavy atom. The Kier molecular flexibility index (Phi) is 7.39. The van der Waals surface area contributed by atoms with Crippen LogP contribution in [0.25, 0.3) is 10.7 Å². The Morgan fingerprint density at radius 3 is 2.69 bits per heavy atom.